The molecule has 2 unspecified atom stereocenters. The lowest BCUT2D eigenvalue weighted by Gasteiger charge is -2.18. The van der Waals surface area contributed by atoms with Crippen molar-refractivity contribution in [2.75, 3.05) is 19.3 Å². The van der Waals surface area contributed by atoms with E-state index in [1.54, 1.807) is 7.05 Å². The monoisotopic (exact) mass is 377 g/mol. The minimum Gasteiger partial charge on any atom is -0.355 e. The molecule has 134 valence electrons. The third-order valence-electron chi connectivity index (χ3n) is 3.74. The number of aliphatic imine (C=N–C) groups is 1. The van der Waals surface area contributed by atoms with E-state index in [4.69, 9.17) is 11.6 Å². The number of hydrogen-bond acceptors (Lipinski definition) is 2. The molecule has 4 nitrogen and oxygen atoms in total. The summed E-state index contributed by atoms with van der Waals surface area (Å²) in [6.07, 6.45) is 0. The molecule has 0 aliphatic heterocycles. The number of nitrogens with zero attached hydrogens (tertiary/aromatic N) is 1. The van der Waals surface area contributed by atoms with E-state index in [1.165, 1.54) is 0 Å². The Morgan fingerprint density at radius 3 is 2.48 bits per heavy atom. The molecule has 0 saturated heterocycles. The van der Waals surface area contributed by atoms with E-state index in [-0.39, 0.29) is 6.04 Å². The van der Waals surface area contributed by atoms with Gasteiger partial charge in [-0.2, -0.15) is 0 Å². The topological polar surface area (TPSA) is 53.5 Å². The summed E-state index contributed by atoms with van der Waals surface area (Å²) in [6.45, 7) is 2.66. The van der Waals surface area contributed by atoms with Crippen molar-refractivity contribution in [1.82, 2.24) is 10.6 Å². The van der Waals surface area contributed by atoms with Gasteiger partial charge in [-0.1, -0.05) is 54.1 Å². The number of halogens is 1. The molecule has 0 fully saturated rings. The maximum atomic E-state index is 12.2. The minimum atomic E-state index is -0.901. The zero-order valence-corrected chi connectivity index (χ0v) is 16.1. The predicted molar refractivity (Wildman–Crippen MR) is 108 cm³/mol. The first-order valence-electron chi connectivity index (χ1n) is 8.20. The van der Waals surface area contributed by atoms with Gasteiger partial charge >= 0.3 is 0 Å². The molecule has 2 N–H and O–H groups in total. The summed E-state index contributed by atoms with van der Waals surface area (Å²) in [4.78, 5) is 4.22. The Balaban J connectivity index is 1.76. The average molecular weight is 378 g/mol. The SMILES string of the molecule is CN=C(NCCS(=O)Cc1ccccc1)NC(C)c1ccc(Cl)cc1. The summed E-state index contributed by atoms with van der Waals surface area (Å²) in [7, 11) is 0.826. The summed E-state index contributed by atoms with van der Waals surface area (Å²) < 4.78 is 12.2. The van der Waals surface area contributed by atoms with Crippen molar-refractivity contribution >= 4 is 28.4 Å². The first-order valence-corrected chi connectivity index (χ1v) is 10.1. The van der Waals surface area contributed by atoms with E-state index in [0.29, 0.717) is 24.0 Å². The van der Waals surface area contributed by atoms with Gasteiger partial charge in [-0.3, -0.25) is 9.20 Å². The zero-order valence-electron chi connectivity index (χ0n) is 14.5. The quantitative estimate of drug-likeness (QED) is 0.573. The fourth-order valence-corrected chi connectivity index (χ4v) is 3.51. The molecule has 2 aromatic carbocycles. The Kier molecular flexibility index (Phi) is 7.95. The molecule has 2 aromatic rings. The predicted octanol–water partition coefficient (Wildman–Crippen LogP) is 3.51. The molecule has 0 aliphatic carbocycles. The summed E-state index contributed by atoms with van der Waals surface area (Å²) in [5.41, 5.74) is 2.22. The second-order valence-corrected chi connectivity index (χ2v) is 7.70. The summed E-state index contributed by atoms with van der Waals surface area (Å²) in [5.74, 6) is 1.85. The van der Waals surface area contributed by atoms with Gasteiger partial charge in [0.25, 0.3) is 0 Å². The molecular formula is C19H24ClN3OS. The van der Waals surface area contributed by atoms with Crippen LogP contribution in [0.3, 0.4) is 0 Å². The van der Waals surface area contributed by atoms with Gasteiger partial charge in [-0.05, 0) is 30.2 Å². The maximum Gasteiger partial charge on any atom is 0.191 e. The van der Waals surface area contributed by atoms with Crippen LogP contribution in [-0.2, 0) is 16.6 Å². The third-order valence-corrected chi connectivity index (χ3v) is 5.31. The Hall–Kier alpha value is -1.85. The van der Waals surface area contributed by atoms with Crippen LogP contribution in [-0.4, -0.2) is 29.5 Å². The van der Waals surface area contributed by atoms with Gasteiger partial charge in [0.2, 0.25) is 0 Å². The molecule has 0 bridgehead atoms. The van der Waals surface area contributed by atoms with Gasteiger partial charge in [0, 0.05) is 40.9 Å². The normalized spacial score (nSPS) is 14.0. The Labute approximate surface area is 157 Å². The van der Waals surface area contributed by atoms with Crippen LogP contribution in [0.25, 0.3) is 0 Å². The molecule has 0 heterocycles. The number of hydrogen-bond donors (Lipinski definition) is 2. The Bertz CT molecular complexity index is 704. The molecule has 0 amide bonds. The van der Waals surface area contributed by atoms with Crippen molar-refractivity contribution in [1.29, 1.82) is 0 Å². The first kappa shape index (κ1) is 19.5. The highest BCUT2D eigenvalue weighted by atomic mass is 35.5. The number of nitrogens with one attached hydrogen (secondary N) is 2. The highest BCUT2D eigenvalue weighted by Gasteiger charge is 2.08. The van der Waals surface area contributed by atoms with Gasteiger partial charge in [-0.25, -0.2) is 0 Å². The van der Waals surface area contributed by atoms with Crippen molar-refractivity contribution < 1.29 is 4.21 Å². The molecular weight excluding hydrogens is 354 g/mol. The van der Waals surface area contributed by atoms with Gasteiger partial charge < -0.3 is 10.6 Å². The lowest BCUT2D eigenvalue weighted by atomic mass is 10.1. The summed E-state index contributed by atoms with van der Waals surface area (Å²) in [6, 6.07) is 17.7. The smallest absolute Gasteiger partial charge is 0.191 e. The van der Waals surface area contributed by atoms with Crippen LogP contribution in [0.1, 0.15) is 24.1 Å². The Morgan fingerprint density at radius 1 is 1.16 bits per heavy atom. The second kappa shape index (κ2) is 10.2. The standard InChI is InChI=1S/C19H24ClN3OS/c1-15(17-8-10-18(20)11-9-17)23-19(21-2)22-12-13-25(24)14-16-6-4-3-5-7-16/h3-11,15H,12-14H2,1-2H3,(H2,21,22,23). The van der Waals surface area contributed by atoms with E-state index in [0.717, 1.165) is 16.1 Å². The van der Waals surface area contributed by atoms with Gasteiger partial charge in [-0.15, -0.1) is 0 Å². The van der Waals surface area contributed by atoms with Crippen molar-refractivity contribution in [3.63, 3.8) is 0 Å². The number of guanidine groups is 1. The van der Waals surface area contributed by atoms with Gasteiger partial charge in [0.1, 0.15) is 0 Å². The molecule has 0 saturated carbocycles. The molecule has 0 aliphatic rings. The van der Waals surface area contributed by atoms with Crippen LogP contribution in [0, 0.1) is 0 Å². The van der Waals surface area contributed by atoms with Crippen LogP contribution in [0.15, 0.2) is 59.6 Å². The number of benzene rings is 2. The molecule has 25 heavy (non-hydrogen) atoms. The first-order chi connectivity index (χ1) is 12.1. The number of rotatable bonds is 7. The van der Waals surface area contributed by atoms with E-state index < -0.39 is 10.8 Å². The second-order valence-electron chi connectivity index (χ2n) is 5.69. The van der Waals surface area contributed by atoms with Crippen LogP contribution >= 0.6 is 11.6 Å². The Morgan fingerprint density at radius 2 is 1.84 bits per heavy atom. The van der Waals surface area contributed by atoms with Crippen molar-refractivity contribution in [3.05, 3.63) is 70.7 Å². The molecule has 0 radical (unpaired) electrons. The van der Waals surface area contributed by atoms with Crippen LogP contribution in [0.4, 0.5) is 0 Å². The van der Waals surface area contributed by atoms with Crippen molar-refractivity contribution in [2.24, 2.45) is 4.99 Å². The molecule has 0 spiro atoms. The van der Waals surface area contributed by atoms with E-state index in [2.05, 4.69) is 22.5 Å². The average Bonchev–Trinajstić information content (AvgIpc) is 2.62. The van der Waals surface area contributed by atoms with E-state index >= 15 is 0 Å². The summed E-state index contributed by atoms with van der Waals surface area (Å²) in [5, 5.41) is 7.26. The van der Waals surface area contributed by atoms with Crippen LogP contribution in [0.5, 0.6) is 0 Å². The molecule has 0 aromatic heterocycles. The molecule has 2 rings (SSSR count). The van der Waals surface area contributed by atoms with E-state index in [1.807, 2.05) is 54.6 Å². The minimum absolute atomic E-state index is 0.0956. The fourth-order valence-electron chi connectivity index (χ4n) is 2.35. The third kappa shape index (κ3) is 6.88. The fraction of sp³-hybridized carbons (Fsp3) is 0.316. The van der Waals surface area contributed by atoms with Crippen LogP contribution in [0.2, 0.25) is 5.02 Å². The lowest BCUT2D eigenvalue weighted by molar-refractivity contribution is 0.676. The molecule has 6 heteroatoms. The highest BCUT2D eigenvalue weighted by molar-refractivity contribution is 7.84. The maximum absolute atomic E-state index is 12.2. The van der Waals surface area contributed by atoms with Crippen molar-refractivity contribution in [3.8, 4) is 0 Å². The van der Waals surface area contributed by atoms with E-state index in [9.17, 15) is 4.21 Å². The largest absolute Gasteiger partial charge is 0.355 e. The summed E-state index contributed by atoms with van der Waals surface area (Å²) >= 11 is 5.92. The lowest BCUT2D eigenvalue weighted by Crippen LogP contribution is -2.40. The zero-order chi connectivity index (χ0) is 18.1. The van der Waals surface area contributed by atoms with Crippen LogP contribution < -0.4 is 10.6 Å². The van der Waals surface area contributed by atoms with Gasteiger partial charge in [0.05, 0.1) is 6.04 Å². The van der Waals surface area contributed by atoms with Crippen molar-refractivity contribution in [2.45, 2.75) is 18.7 Å². The molecule has 2 atom stereocenters. The highest BCUT2D eigenvalue weighted by Crippen LogP contribution is 2.15. The van der Waals surface area contributed by atoms with Gasteiger partial charge in [0.15, 0.2) is 5.96 Å².